The van der Waals surface area contributed by atoms with Gasteiger partial charge in [0, 0.05) is 6.42 Å². The molecule has 0 aromatic heterocycles. The number of terminal acetylenes is 1. The first-order valence-corrected chi connectivity index (χ1v) is 3.81. The zero-order valence-corrected chi connectivity index (χ0v) is 7.35. The van der Waals surface area contributed by atoms with Crippen LogP contribution in [0.4, 0.5) is 0 Å². The average Bonchev–Trinajstić information content (AvgIpc) is 1.85. The van der Waals surface area contributed by atoms with E-state index in [4.69, 9.17) is 6.42 Å². The zero-order valence-electron chi connectivity index (χ0n) is 7.35. The van der Waals surface area contributed by atoms with Crippen LogP contribution in [0.5, 0.6) is 0 Å². The molecule has 0 saturated heterocycles. The van der Waals surface area contributed by atoms with Crippen LogP contribution in [-0.2, 0) is 4.79 Å². The molecule has 0 aromatic rings. The molecule has 2 heteroatoms. The molecule has 1 unspecified atom stereocenters. The van der Waals surface area contributed by atoms with Crippen molar-refractivity contribution in [1.82, 2.24) is 5.32 Å². The van der Waals surface area contributed by atoms with Gasteiger partial charge in [0.25, 0.3) is 0 Å². The Morgan fingerprint density at radius 3 is 2.45 bits per heavy atom. The van der Waals surface area contributed by atoms with Gasteiger partial charge in [0.1, 0.15) is 0 Å². The Morgan fingerprint density at radius 1 is 1.55 bits per heavy atom. The van der Waals surface area contributed by atoms with Crippen molar-refractivity contribution in [1.29, 1.82) is 0 Å². The Balaban J connectivity index is 3.63. The molecule has 0 bridgehead atoms. The monoisotopic (exact) mass is 153 g/mol. The summed E-state index contributed by atoms with van der Waals surface area (Å²) in [6, 6.07) is -0.152. The number of carbonyl (C=O) groups is 1. The highest BCUT2D eigenvalue weighted by Gasteiger charge is 2.05. The van der Waals surface area contributed by atoms with Crippen molar-refractivity contribution in [3.8, 4) is 12.3 Å². The molecule has 0 rings (SSSR count). The topological polar surface area (TPSA) is 29.1 Å². The Hall–Kier alpha value is -0.970. The van der Waals surface area contributed by atoms with Gasteiger partial charge in [-0.25, -0.2) is 0 Å². The Kier molecular flexibility index (Phi) is 4.36. The van der Waals surface area contributed by atoms with Gasteiger partial charge in [0.2, 0.25) is 5.91 Å². The van der Waals surface area contributed by atoms with Gasteiger partial charge in [0.05, 0.1) is 6.04 Å². The molecule has 2 nitrogen and oxygen atoms in total. The lowest BCUT2D eigenvalue weighted by Crippen LogP contribution is -2.31. The van der Waals surface area contributed by atoms with Gasteiger partial charge in [0.15, 0.2) is 0 Å². The van der Waals surface area contributed by atoms with E-state index in [1.54, 1.807) is 6.92 Å². The maximum atomic E-state index is 11.0. The molecule has 11 heavy (non-hydrogen) atoms. The molecule has 0 spiro atoms. The number of amides is 1. The molecule has 0 aliphatic carbocycles. The summed E-state index contributed by atoms with van der Waals surface area (Å²) < 4.78 is 0. The summed E-state index contributed by atoms with van der Waals surface area (Å²) in [5.74, 6) is 2.86. The minimum atomic E-state index is -0.152. The molecule has 0 aliphatic rings. The van der Waals surface area contributed by atoms with Crippen LogP contribution in [0.25, 0.3) is 0 Å². The third-order valence-electron chi connectivity index (χ3n) is 1.22. The molecule has 1 atom stereocenters. The molecule has 0 radical (unpaired) electrons. The Labute approximate surface area is 68.4 Å². The minimum absolute atomic E-state index is 0.0328. The van der Waals surface area contributed by atoms with Crippen molar-refractivity contribution in [2.75, 3.05) is 0 Å². The fourth-order valence-electron chi connectivity index (χ4n) is 0.713. The molecule has 1 N–H and O–H groups in total. The van der Waals surface area contributed by atoms with E-state index >= 15 is 0 Å². The van der Waals surface area contributed by atoms with Gasteiger partial charge in [-0.1, -0.05) is 19.8 Å². The summed E-state index contributed by atoms with van der Waals surface area (Å²) in [6.07, 6.45) is 5.63. The van der Waals surface area contributed by atoms with Crippen molar-refractivity contribution in [2.45, 2.75) is 33.2 Å². The van der Waals surface area contributed by atoms with E-state index in [-0.39, 0.29) is 11.9 Å². The maximum Gasteiger partial charge on any atom is 0.221 e. The largest absolute Gasteiger partial charge is 0.343 e. The van der Waals surface area contributed by atoms with Crippen molar-refractivity contribution < 1.29 is 4.79 Å². The molecule has 1 amide bonds. The lowest BCUT2D eigenvalue weighted by atomic mass is 10.1. The highest BCUT2D eigenvalue weighted by atomic mass is 16.1. The fraction of sp³-hybridized carbons (Fsp3) is 0.667. The van der Waals surface area contributed by atoms with Gasteiger partial charge < -0.3 is 5.32 Å². The average molecular weight is 153 g/mol. The van der Waals surface area contributed by atoms with Crippen LogP contribution in [0.2, 0.25) is 0 Å². The minimum Gasteiger partial charge on any atom is -0.343 e. The van der Waals surface area contributed by atoms with Crippen molar-refractivity contribution >= 4 is 5.91 Å². The van der Waals surface area contributed by atoms with Gasteiger partial charge in [-0.15, -0.1) is 6.42 Å². The second kappa shape index (κ2) is 4.79. The predicted octanol–water partition coefficient (Wildman–Crippen LogP) is 1.17. The molecule has 0 saturated carbocycles. The molecule has 0 aromatic carbocycles. The normalized spacial score (nSPS) is 12.3. The van der Waals surface area contributed by atoms with Crippen LogP contribution in [0.3, 0.4) is 0 Å². The molecular weight excluding hydrogens is 138 g/mol. The number of hydrogen-bond acceptors (Lipinski definition) is 1. The lowest BCUT2D eigenvalue weighted by molar-refractivity contribution is -0.122. The number of hydrogen-bond donors (Lipinski definition) is 1. The van der Waals surface area contributed by atoms with Gasteiger partial charge in [-0.3, -0.25) is 4.79 Å². The fourth-order valence-corrected chi connectivity index (χ4v) is 0.713. The van der Waals surface area contributed by atoms with E-state index in [1.807, 2.05) is 13.8 Å². The van der Waals surface area contributed by atoms with Gasteiger partial charge in [-0.05, 0) is 12.8 Å². The SMILES string of the molecule is C#CC(C)NC(=O)CC(C)C. The molecule has 62 valence electrons. The second-order valence-corrected chi connectivity index (χ2v) is 3.05. The highest BCUT2D eigenvalue weighted by molar-refractivity contribution is 5.76. The van der Waals surface area contributed by atoms with E-state index in [2.05, 4.69) is 11.2 Å². The van der Waals surface area contributed by atoms with Crippen LogP contribution >= 0.6 is 0 Å². The maximum absolute atomic E-state index is 11.0. The van der Waals surface area contributed by atoms with Crippen LogP contribution in [0.15, 0.2) is 0 Å². The summed E-state index contributed by atoms with van der Waals surface area (Å²) in [6.45, 7) is 5.79. The first-order chi connectivity index (χ1) is 5.06. The number of carbonyl (C=O) groups excluding carboxylic acids is 1. The third kappa shape index (κ3) is 5.47. The van der Waals surface area contributed by atoms with Gasteiger partial charge >= 0.3 is 0 Å². The molecule has 0 heterocycles. The van der Waals surface area contributed by atoms with Crippen LogP contribution in [0.1, 0.15) is 27.2 Å². The van der Waals surface area contributed by atoms with E-state index in [1.165, 1.54) is 0 Å². The van der Waals surface area contributed by atoms with Crippen molar-refractivity contribution in [2.24, 2.45) is 5.92 Å². The third-order valence-corrected chi connectivity index (χ3v) is 1.22. The molecule has 0 aliphatic heterocycles. The van der Waals surface area contributed by atoms with E-state index < -0.39 is 0 Å². The second-order valence-electron chi connectivity index (χ2n) is 3.05. The quantitative estimate of drug-likeness (QED) is 0.606. The first kappa shape index (κ1) is 10.0. The van der Waals surface area contributed by atoms with E-state index in [9.17, 15) is 4.79 Å². The lowest BCUT2D eigenvalue weighted by Gasteiger charge is -2.08. The number of nitrogens with one attached hydrogen (secondary N) is 1. The first-order valence-electron chi connectivity index (χ1n) is 3.81. The van der Waals surface area contributed by atoms with Crippen molar-refractivity contribution in [3.63, 3.8) is 0 Å². The Bertz CT molecular complexity index is 167. The summed E-state index contributed by atoms with van der Waals surface area (Å²) in [5.41, 5.74) is 0. The number of rotatable bonds is 3. The summed E-state index contributed by atoms with van der Waals surface area (Å²) in [7, 11) is 0. The molecular formula is C9H15NO. The van der Waals surface area contributed by atoms with E-state index in [0.717, 1.165) is 0 Å². The van der Waals surface area contributed by atoms with Crippen LogP contribution in [-0.4, -0.2) is 11.9 Å². The summed E-state index contributed by atoms with van der Waals surface area (Å²) >= 11 is 0. The smallest absolute Gasteiger partial charge is 0.221 e. The predicted molar refractivity (Wildman–Crippen MR) is 45.9 cm³/mol. The van der Waals surface area contributed by atoms with Crippen LogP contribution in [0, 0.1) is 18.3 Å². The van der Waals surface area contributed by atoms with Gasteiger partial charge in [-0.2, -0.15) is 0 Å². The standard InChI is InChI=1S/C9H15NO/c1-5-8(4)10-9(11)6-7(2)3/h1,7-8H,6H2,2-4H3,(H,10,11). The van der Waals surface area contributed by atoms with E-state index in [0.29, 0.717) is 12.3 Å². The summed E-state index contributed by atoms with van der Waals surface area (Å²) in [5, 5.41) is 2.69. The zero-order chi connectivity index (χ0) is 8.85. The molecule has 0 fully saturated rings. The van der Waals surface area contributed by atoms with Crippen molar-refractivity contribution in [3.05, 3.63) is 0 Å². The summed E-state index contributed by atoms with van der Waals surface area (Å²) in [4.78, 5) is 11.0. The van der Waals surface area contributed by atoms with Crippen LogP contribution < -0.4 is 5.32 Å². The highest BCUT2D eigenvalue weighted by Crippen LogP contribution is 1.98. The Morgan fingerprint density at radius 2 is 2.09 bits per heavy atom.